The maximum Gasteiger partial charge on any atom is 0.241 e. The Balaban J connectivity index is 1.48. The van der Waals surface area contributed by atoms with Crippen LogP contribution in [0, 0.1) is 0 Å². The van der Waals surface area contributed by atoms with E-state index in [9.17, 15) is 4.79 Å². The summed E-state index contributed by atoms with van der Waals surface area (Å²) in [6, 6.07) is 0.856. The minimum absolute atomic E-state index is 0.0446. The largest absolute Gasteiger partial charge is 0.381 e. The highest BCUT2D eigenvalue weighted by Crippen LogP contribution is 2.18. The van der Waals surface area contributed by atoms with Gasteiger partial charge < -0.3 is 15.4 Å². The van der Waals surface area contributed by atoms with Gasteiger partial charge in [-0.25, -0.2) is 0 Å². The molecule has 2 heterocycles. The van der Waals surface area contributed by atoms with Crippen LogP contribution in [-0.4, -0.2) is 41.0 Å². The van der Waals surface area contributed by atoms with Gasteiger partial charge >= 0.3 is 0 Å². The third-order valence-electron chi connectivity index (χ3n) is 3.47. The van der Waals surface area contributed by atoms with Gasteiger partial charge in [0.2, 0.25) is 5.91 Å². The molecule has 0 radical (unpaired) electrons. The van der Waals surface area contributed by atoms with Gasteiger partial charge in [0.15, 0.2) is 0 Å². The van der Waals surface area contributed by atoms with Gasteiger partial charge in [0.05, 0.1) is 11.9 Å². The highest BCUT2D eigenvalue weighted by atomic mass is 16.5. The predicted octanol–water partition coefficient (Wildman–Crippen LogP) is 0.753. The third-order valence-corrected chi connectivity index (χ3v) is 3.47. The smallest absolute Gasteiger partial charge is 0.241 e. The highest BCUT2D eigenvalue weighted by molar-refractivity contribution is 5.76. The van der Waals surface area contributed by atoms with E-state index in [1.165, 1.54) is 0 Å². The molecule has 0 atom stereocenters. The summed E-state index contributed by atoms with van der Waals surface area (Å²) >= 11 is 0. The number of hydrogen-bond donors (Lipinski definition) is 2. The normalized spacial score (nSPS) is 20.2. The number of hydrogen-bond acceptors (Lipinski definition) is 4. The van der Waals surface area contributed by atoms with Gasteiger partial charge in [0.25, 0.3) is 0 Å². The zero-order chi connectivity index (χ0) is 13.1. The molecule has 1 saturated heterocycles. The van der Waals surface area contributed by atoms with E-state index in [4.69, 9.17) is 4.74 Å². The molecule has 1 amide bonds. The van der Waals surface area contributed by atoms with Crippen molar-refractivity contribution in [2.24, 2.45) is 0 Å². The van der Waals surface area contributed by atoms with Crippen LogP contribution in [0.15, 0.2) is 12.4 Å². The van der Waals surface area contributed by atoms with Crippen LogP contribution in [0.2, 0.25) is 0 Å². The van der Waals surface area contributed by atoms with Gasteiger partial charge in [-0.3, -0.25) is 9.48 Å². The molecule has 1 aliphatic carbocycles. The molecule has 2 fully saturated rings. The lowest BCUT2D eigenvalue weighted by Gasteiger charge is -2.23. The Morgan fingerprint density at radius 3 is 2.84 bits per heavy atom. The van der Waals surface area contributed by atoms with Crippen LogP contribution in [0.1, 0.15) is 25.7 Å². The molecule has 0 spiro atoms. The fourth-order valence-electron chi connectivity index (χ4n) is 2.25. The lowest BCUT2D eigenvalue weighted by atomic mass is 10.1. The summed E-state index contributed by atoms with van der Waals surface area (Å²) < 4.78 is 7.00. The molecule has 6 heteroatoms. The standard InChI is InChI=1S/C13H20N4O2/c18-13(16-10-1-2-10)9-17-8-12(7-14-17)15-11-3-5-19-6-4-11/h7-8,10-11,15H,1-6,9H2,(H,16,18). The maximum absolute atomic E-state index is 11.7. The van der Waals surface area contributed by atoms with E-state index in [1.54, 1.807) is 10.9 Å². The fourth-order valence-corrected chi connectivity index (χ4v) is 2.25. The van der Waals surface area contributed by atoms with E-state index in [0.29, 0.717) is 18.6 Å². The predicted molar refractivity (Wildman–Crippen MR) is 70.9 cm³/mol. The summed E-state index contributed by atoms with van der Waals surface area (Å²) in [5.41, 5.74) is 0.978. The van der Waals surface area contributed by atoms with Crippen LogP contribution in [-0.2, 0) is 16.1 Å². The minimum Gasteiger partial charge on any atom is -0.381 e. The quantitative estimate of drug-likeness (QED) is 0.823. The molecule has 1 aromatic rings. The van der Waals surface area contributed by atoms with Gasteiger partial charge in [0, 0.05) is 31.5 Å². The van der Waals surface area contributed by atoms with Gasteiger partial charge in [-0.1, -0.05) is 0 Å². The summed E-state index contributed by atoms with van der Waals surface area (Å²) in [7, 11) is 0. The number of aromatic nitrogens is 2. The molecule has 2 aliphatic rings. The minimum atomic E-state index is 0.0446. The molecule has 0 bridgehead atoms. The van der Waals surface area contributed by atoms with Crippen LogP contribution in [0.5, 0.6) is 0 Å². The third kappa shape index (κ3) is 3.70. The van der Waals surface area contributed by atoms with Crippen molar-refractivity contribution >= 4 is 11.6 Å². The number of nitrogens with one attached hydrogen (secondary N) is 2. The number of nitrogens with zero attached hydrogens (tertiary/aromatic N) is 2. The molecular weight excluding hydrogens is 244 g/mol. The van der Waals surface area contributed by atoms with Crippen LogP contribution < -0.4 is 10.6 Å². The van der Waals surface area contributed by atoms with Crippen molar-refractivity contribution in [2.45, 2.75) is 44.3 Å². The van der Waals surface area contributed by atoms with E-state index in [1.807, 2.05) is 6.20 Å². The second kappa shape index (κ2) is 5.61. The summed E-state index contributed by atoms with van der Waals surface area (Å²) in [6.07, 6.45) is 7.94. The van der Waals surface area contributed by atoms with Gasteiger partial charge in [-0.2, -0.15) is 5.10 Å². The molecule has 104 valence electrons. The van der Waals surface area contributed by atoms with Crippen molar-refractivity contribution < 1.29 is 9.53 Å². The molecule has 2 N–H and O–H groups in total. The zero-order valence-corrected chi connectivity index (χ0v) is 11.0. The van der Waals surface area contributed by atoms with Gasteiger partial charge in [0.1, 0.15) is 6.54 Å². The average Bonchev–Trinajstić information content (AvgIpc) is 3.11. The average molecular weight is 264 g/mol. The first-order chi connectivity index (χ1) is 9.29. The summed E-state index contributed by atoms with van der Waals surface area (Å²) in [4.78, 5) is 11.7. The van der Waals surface area contributed by atoms with E-state index in [0.717, 1.165) is 44.6 Å². The Morgan fingerprint density at radius 1 is 1.32 bits per heavy atom. The lowest BCUT2D eigenvalue weighted by Crippen LogP contribution is -2.29. The highest BCUT2D eigenvalue weighted by Gasteiger charge is 2.23. The lowest BCUT2D eigenvalue weighted by molar-refractivity contribution is -0.122. The summed E-state index contributed by atoms with van der Waals surface area (Å²) in [5, 5.41) is 10.6. The van der Waals surface area contributed by atoms with Gasteiger partial charge in [-0.15, -0.1) is 0 Å². The summed E-state index contributed by atoms with van der Waals surface area (Å²) in [5.74, 6) is 0.0446. The second-order valence-electron chi connectivity index (χ2n) is 5.30. The van der Waals surface area contributed by atoms with Crippen LogP contribution >= 0.6 is 0 Å². The SMILES string of the molecule is O=C(Cn1cc(NC2CCOCC2)cn1)NC1CC1. The molecule has 0 aromatic carbocycles. The number of carbonyl (C=O) groups excluding carboxylic acids is 1. The van der Waals surface area contributed by atoms with E-state index in [-0.39, 0.29) is 5.91 Å². The van der Waals surface area contributed by atoms with Crippen LogP contribution in [0.25, 0.3) is 0 Å². The first-order valence-corrected chi connectivity index (χ1v) is 6.96. The number of amides is 1. The molecule has 3 rings (SSSR count). The number of ether oxygens (including phenoxy) is 1. The first-order valence-electron chi connectivity index (χ1n) is 6.96. The molecule has 0 unspecified atom stereocenters. The Hall–Kier alpha value is -1.56. The topological polar surface area (TPSA) is 68.2 Å². The van der Waals surface area contributed by atoms with Crippen molar-refractivity contribution in [1.82, 2.24) is 15.1 Å². The summed E-state index contributed by atoms with van der Waals surface area (Å²) in [6.45, 7) is 1.93. The monoisotopic (exact) mass is 264 g/mol. The molecule has 1 aliphatic heterocycles. The van der Waals surface area contributed by atoms with E-state index >= 15 is 0 Å². The molecule has 1 saturated carbocycles. The second-order valence-corrected chi connectivity index (χ2v) is 5.30. The van der Waals surface area contributed by atoms with Crippen molar-refractivity contribution in [3.63, 3.8) is 0 Å². The van der Waals surface area contributed by atoms with E-state index < -0.39 is 0 Å². The number of carbonyl (C=O) groups is 1. The van der Waals surface area contributed by atoms with Crippen molar-refractivity contribution in [3.05, 3.63) is 12.4 Å². The van der Waals surface area contributed by atoms with Crippen molar-refractivity contribution in [1.29, 1.82) is 0 Å². The Labute approximate surface area is 112 Å². The van der Waals surface area contributed by atoms with Gasteiger partial charge in [-0.05, 0) is 25.7 Å². The Morgan fingerprint density at radius 2 is 2.11 bits per heavy atom. The Kier molecular flexibility index (Phi) is 3.68. The molecule has 6 nitrogen and oxygen atoms in total. The number of rotatable bonds is 5. The van der Waals surface area contributed by atoms with Crippen LogP contribution in [0.4, 0.5) is 5.69 Å². The van der Waals surface area contributed by atoms with Crippen molar-refractivity contribution in [3.8, 4) is 0 Å². The first kappa shape index (κ1) is 12.5. The fraction of sp³-hybridized carbons (Fsp3) is 0.692. The van der Waals surface area contributed by atoms with Crippen molar-refractivity contribution in [2.75, 3.05) is 18.5 Å². The van der Waals surface area contributed by atoms with E-state index in [2.05, 4.69) is 15.7 Å². The van der Waals surface area contributed by atoms with Crippen LogP contribution in [0.3, 0.4) is 0 Å². The molecule has 1 aromatic heterocycles. The molecular formula is C13H20N4O2. The number of anilines is 1. The zero-order valence-electron chi connectivity index (χ0n) is 11.0. The maximum atomic E-state index is 11.7. The molecule has 19 heavy (non-hydrogen) atoms. The Bertz CT molecular complexity index is 436.